The summed E-state index contributed by atoms with van der Waals surface area (Å²) < 4.78 is 0. The average Bonchev–Trinajstić information content (AvgIpc) is 2.98. The van der Waals surface area contributed by atoms with Crippen molar-refractivity contribution >= 4 is 64.2 Å². The lowest BCUT2D eigenvalue weighted by molar-refractivity contribution is -0.384. The van der Waals surface area contributed by atoms with E-state index < -0.39 is 22.0 Å². The Bertz CT molecular complexity index is 1630. The van der Waals surface area contributed by atoms with Crippen molar-refractivity contribution in [3.63, 3.8) is 0 Å². The van der Waals surface area contributed by atoms with E-state index in [1.807, 2.05) is 0 Å². The van der Waals surface area contributed by atoms with Crippen molar-refractivity contribution in [2.45, 2.75) is 17.1 Å². The van der Waals surface area contributed by atoms with Gasteiger partial charge >= 0.3 is 0 Å². The van der Waals surface area contributed by atoms with E-state index >= 15 is 0 Å². The van der Waals surface area contributed by atoms with Crippen LogP contribution >= 0.6 is 23.4 Å². The van der Waals surface area contributed by atoms with Crippen molar-refractivity contribution in [3.05, 3.63) is 135 Å². The van der Waals surface area contributed by atoms with E-state index in [-0.39, 0.29) is 17.3 Å². The van der Waals surface area contributed by atoms with Crippen molar-refractivity contribution in [1.82, 2.24) is 5.32 Å². The molecule has 4 aromatic rings. The highest BCUT2D eigenvalue weighted by Gasteiger charge is 2.18. The van der Waals surface area contributed by atoms with Crippen LogP contribution in [0.3, 0.4) is 0 Å². The van der Waals surface area contributed by atoms with Crippen molar-refractivity contribution in [2.24, 2.45) is 0 Å². The van der Waals surface area contributed by atoms with E-state index in [0.29, 0.717) is 27.5 Å². The number of nitro groups is 1. The minimum atomic E-state index is -0.541. The molecule has 0 saturated carbocycles. The summed E-state index contributed by atoms with van der Waals surface area (Å²) in [6.07, 6.45) is 1.55. The van der Waals surface area contributed by atoms with Gasteiger partial charge in [-0.05, 0) is 73.2 Å². The molecule has 0 bridgehead atoms. The zero-order valence-electron chi connectivity index (χ0n) is 22.2. The van der Waals surface area contributed by atoms with E-state index in [0.717, 1.165) is 4.90 Å². The van der Waals surface area contributed by atoms with Crippen LogP contribution in [0.5, 0.6) is 0 Å². The number of carbonyl (C=O) groups is 3. The minimum Gasteiger partial charge on any atom is -0.325 e. The summed E-state index contributed by atoms with van der Waals surface area (Å²) in [4.78, 5) is 49.9. The van der Waals surface area contributed by atoms with E-state index in [2.05, 4.69) is 16.0 Å². The van der Waals surface area contributed by atoms with Crippen molar-refractivity contribution in [3.8, 4) is 0 Å². The van der Waals surface area contributed by atoms with E-state index in [1.54, 1.807) is 91.9 Å². The molecule has 0 aromatic heterocycles. The highest BCUT2D eigenvalue weighted by Crippen LogP contribution is 2.27. The molecule has 0 aliphatic carbocycles. The van der Waals surface area contributed by atoms with Gasteiger partial charge in [0.2, 0.25) is 5.91 Å². The molecular weight excluding hydrogens is 576 g/mol. The number of rotatable bonds is 10. The smallest absolute Gasteiger partial charge is 0.272 e. The van der Waals surface area contributed by atoms with Gasteiger partial charge in [-0.3, -0.25) is 24.5 Å². The summed E-state index contributed by atoms with van der Waals surface area (Å²) in [6, 6.07) is 27.9. The molecule has 212 valence electrons. The topological polar surface area (TPSA) is 130 Å². The first-order valence-electron chi connectivity index (χ1n) is 12.6. The van der Waals surface area contributed by atoms with Crippen LogP contribution in [-0.2, 0) is 9.59 Å². The molecule has 42 heavy (non-hydrogen) atoms. The number of non-ortho nitro benzene ring substituents is 1. The number of benzene rings is 4. The highest BCUT2D eigenvalue weighted by atomic mass is 35.5. The monoisotopic (exact) mass is 600 g/mol. The summed E-state index contributed by atoms with van der Waals surface area (Å²) in [5.74, 6) is -1.27. The number of carbonyl (C=O) groups excluding carboxylic acids is 3. The van der Waals surface area contributed by atoms with Crippen LogP contribution in [0.15, 0.2) is 114 Å². The fourth-order valence-electron chi connectivity index (χ4n) is 3.68. The summed E-state index contributed by atoms with van der Waals surface area (Å²) in [6.45, 7) is 1.72. The molecule has 0 aliphatic rings. The Labute approximate surface area is 251 Å². The Hall–Kier alpha value is -4.93. The number of thioether (sulfide) groups is 1. The Morgan fingerprint density at radius 2 is 1.55 bits per heavy atom. The summed E-state index contributed by atoms with van der Waals surface area (Å²) in [5.41, 5.74) is 1.92. The molecule has 0 aliphatic heterocycles. The molecule has 1 atom stereocenters. The molecule has 11 heteroatoms. The fourth-order valence-corrected chi connectivity index (χ4v) is 4.73. The van der Waals surface area contributed by atoms with Gasteiger partial charge in [-0.15, -0.1) is 11.8 Å². The number of nitrogens with one attached hydrogen (secondary N) is 3. The van der Waals surface area contributed by atoms with Crippen LogP contribution in [0.4, 0.5) is 17.1 Å². The van der Waals surface area contributed by atoms with Gasteiger partial charge in [-0.1, -0.05) is 48.0 Å². The fraction of sp³-hybridized carbons (Fsp3) is 0.0645. The summed E-state index contributed by atoms with van der Waals surface area (Å²) >= 11 is 7.26. The molecule has 4 aromatic carbocycles. The Morgan fingerprint density at radius 3 is 2.21 bits per heavy atom. The van der Waals surface area contributed by atoms with Gasteiger partial charge in [-0.2, -0.15) is 0 Å². The lowest BCUT2D eigenvalue weighted by Crippen LogP contribution is -2.30. The molecule has 0 spiro atoms. The number of hydrogen-bond donors (Lipinski definition) is 3. The molecule has 0 fully saturated rings. The standard InChI is InChI=1S/C31H25ClN4O5S/c1-20(29(37)33-24-14-16-26(17-15-24)36(40)41)42-27-9-5-8-25(19-27)34-31(39)28(18-21-10-12-23(32)13-11-21)35-30(38)22-6-3-2-4-7-22/h2-20H,1H3,(H,33,37)(H,34,39)(H,35,38)/b28-18-. The molecule has 0 heterocycles. The van der Waals surface area contributed by atoms with E-state index in [1.165, 1.54) is 36.0 Å². The van der Waals surface area contributed by atoms with Crippen LogP contribution in [0.1, 0.15) is 22.8 Å². The van der Waals surface area contributed by atoms with Crippen LogP contribution in [0.25, 0.3) is 6.08 Å². The Balaban J connectivity index is 1.45. The molecule has 4 rings (SSSR count). The number of nitrogens with zero attached hydrogens (tertiary/aromatic N) is 1. The number of hydrogen-bond acceptors (Lipinski definition) is 6. The Morgan fingerprint density at radius 1 is 0.857 bits per heavy atom. The quantitative estimate of drug-likeness (QED) is 0.0796. The van der Waals surface area contributed by atoms with Gasteiger partial charge in [0, 0.05) is 39.0 Å². The van der Waals surface area contributed by atoms with Gasteiger partial charge < -0.3 is 16.0 Å². The number of halogens is 1. The maximum Gasteiger partial charge on any atom is 0.272 e. The molecule has 0 saturated heterocycles. The lowest BCUT2D eigenvalue weighted by Gasteiger charge is -2.14. The molecule has 0 radical (unpaired) electrons. The highest BCUT2D eigenvalue weighted by molar-refractivity contribution is 8.00. The van der Waals surface area contributed by atoms with Crippen LogP contribution < -0.4 is 16.0 Å². The second-order valence-corrected chi connectivity index (χ2v) is 10.8. The third kappa shape index (κ3) is 8.53. The maximum absolute atomic E-state index is 13.3. The predicted octanol–water partition coefficient (Wildman–Crippen LogP) is 6.78. The van der Waals surface area contributed by atoms with Crippen molar-refractivity contribution < 1.29 is 19.3 Å². The maximum atomic E-state index is 13.3. The second-order valence-electron chi connectivity index (χ2n) is 8.96. The van der Waals surface area contributed by atoms with Crippen LogP contribution in [-0.4, -0.2) is 27.9 Å². The number of nitro benzene ring substituents is 1. The first kappa shape index (κ1) is 30.0. The predicted molar refractivity (Wildman–Crippen MR) is 165 cm³/mol. The van der Waals surface area contributed by atoms with Gasteiger partial charge in [0.05, 0.1) is 10.2 Å². The third-order valence-corrected chi connectivity index (χ3v) is 7.18. The zero-order chi connectivity index (χ0) is 30.1. The third-order valence-electron chi connectivity index (χ3n) is 5.83. The number of amides is 3. The van der Waals surface area contributed by atoms with Crippen LogP contribution in [0, 0.1) is 10.1 Å². The first-order valence-corrected chi connectivity index (χ1v) is 13.9. The average molecular weight is 601 g/mol. The minimum absolute atomic E-state index is 0.0278. The van der Waals surface area contributed by atoms with Crippen molar-refractivity contribution in [1.29, 1.82) is 0 Å². The van der Waals surface area contributed by atoms with Gasteiger partial charge in [0.25, 0.3) is 17.5 Å². The van der Waals surface area contributed by atoms with E-state index in [9.17, 15) is 24.5 Å². The molecule has 3 N–H and O–H groups in total. The summed E-state index contributed by atoms with van der Waals surface area (Å²) in [7, 11) is 0. The zero-order valence-corrected chi connectivity index (χ0v) is 23.8. The first-order chi connectivity index (χ1) is 20.2. The second kappa shape index (κ2) is 14.1. The van der Waals surface area contributed by atoms with Gasteiger partial charge in [0.1, 0.15) is 5.70 Å². The van der Waals surface area contributed by atoms with Crippen molar-refractivity contribution in [2.75, 3.05) is 10.6 Å². The molecule has 3 amide bonds. The summed E-state index contributed by atoms with van der Waals surface area (Å²) in [5, 5.41) is 19.1. The van der Waals surface area contributed by atoms with Gasteiger partial charge in [0.15, 0.2) is 0 Å². The van der Waals surface area contributed by atoms with Crippen LogP contribution in [0.2, 0.25) is 5.02 Å². The van der Waals surface area contributed by atoms with Gasteiger partial charge in [-0.25, -0.2) is 0 Å². The van der Waals surface area contributed by atoms with E-state index in [4.69, 9.17) is 11.6 Å². The molecule has 1 unspecified atom stereocenters. The lowest BCUT2D eigenvalue weighted by atomic mass is 10.1. The molecular formula is C31H25ClN4O5S. The Kier molecular flexibility index (Phi) is 10.1. The molecule has 9 nitrogen and oxygen atoms in total. The SMILES string of the molecule is CC(Sc1cccc(NC(=O)/C(=C/c2ccc(Cl)cc2)NC(=O)c2ccccc2)c1)C(=O)Nc1ccc([N+](=O)[O-])cc1. The number of anilines is 2. The normalized spacial score (nSPS) is 11.7. The largest absolute Gasteiger partial charge is 0.325 e.